The van der Waals surface area contributed by atoms with E-state index < -0.39 is 0 Å². The molecule has 6 nitrogen and oxygen atoms in total. The van der Waals surface area contributed by atoms with Gasteiger partial charge in [-0.05, 0) is 31.3 Å². The third-order valence-electron chi connectivity index (χ3n) is 3.86. The SMILES string of the molecule is COc1ccc(Nc2nc(C(=O)N3CCN(C)CC3)cs2)cc1. The zero-order valence-electron chi connectivity index (χ0n) is 13.3. The second kappa shape index (κ2) is 6.97. The van der Waals surface area contributed by atoms with Crippen LogP contribution in [-0.2, 0) is 0 Å². The topological polar surface area (TPSA) is 57.7 Å². The van der Waals surface area contributed by atoms with E-state index in [1.54, 1.807) is 7.11 Å². The zero-order valence-corrected chi connectivity index (χ0v) is 14.1. The predicted molar refractivity (Wildman–Crippen MR) is 91.8 cm³/mol. The highest BCUT2D eigenvalue weighted by Gasteiger charge is 2.22. The first-order valence-corrected chi connectivity index (χ1v) is 8.38. The maximum Gasteiger partial charge on any atom is 0.273 e. The van der Waals surface area contributed by atoms with E-state index in [4.69, 9.17) is 4.74 Å². The largest absolute Gasteiger partial charge is 0.497 e. The van der Waals surface area contributed by atoms with E-state index in [-0.39, 0.29) is 5.91 Å². The third kappa shape index (κ3) is 3.80. The molecule has 0 aliphatic carbocycles. The average Bonchev–Trinajstić information content (AvgIpc) is 3.04. The number of likely N-dealkylation sites (N-methyl/N-ethyl adjacent to an activating group) is 1. The van der Waals surface area contributed by atoms with Crippen LogP contribution in [0.25, 0.3) is 0 Å². The number of rotatable bonds is 4. The molecule has 0 atom stereocenters. The molecule has 7 heteroatoms. The predicted octanol–water partition coefficient (Wildman–Crippen LogP) is 2.28. The Morgan fingerprint density at radius 3 is 2.57 bits per heavy atom. The summed E-state index contributed by atoms with van der Waals surface area (Å²) in [4.78, 5) is 21.0. The molecule has 0 spiro atoms. The van der Waals surface area contributed by atoms with Gasteiger partial charge in [0.2, 0.25) is 0 Å². The number of hydrogen-bond acceptors (Lipinski definition) is 6. The van der Waals surface area contributed by atoms with Gasteiger partial charge < -0.3 is 19.9 Å². The fraction of sp³-hybridized carbons (Fsp3) is 0.375. The summed E-state index contributed by atoms with van der Waals surface area (Å²) in [6.45, 7) is 3.34. The lowest BCUT2D eigenvalue weighted by molar-refractivity contribution is 0.0659. The second-order valence-electron chi connectivity index (χ2n) is 5.49. The molecule has 1 amide bonds. The molecule has 3 rings (SSSR count). The van der Waals surface area contributed by atoms with E-state index in [1.807, 2.05) is 34.5 Å². The first-order valence-electron chi connectivity index (χ1n) is 7.50. The number of hydrogen-bond donors (Lipinski definition) is 1. The molecular formula is C16H20N4O2S. The van der Waals surface area contributed by atoms with Crippen LogP contribution in [0.2, 0.25) is 0 Å². The number of thiazole rings is 1. The molecule has 1 saturated heterocycles. The highest BCUT2D eigenvalue weighted by molar-refractivity contribution is 7.14. The molecule has 0 unspecified atom stereocenters. The Labute approximate surface area is 139 Å². The van der Waals surface area contributed by atoms with E-state index in [2.05, 4.69) is 22.2 Å². The summed E-state index contributed by atoms with van der Waals surface area (Å²) < 4.78 is 5.14. The van der Waals surface area contributed by atoms with Gasteiger partial charge in [0, 0.05) is 37.2 Å². The van der Waals surface area contributed by atoms with Gasteiger partial charge in [-0.1, -0.05) is 0 Å². The number of methoxy groups -OCH3 is 1. The summed E-state index contributed by atoms with van der Waals surface area (Å²) in [6.07, 6.45) is 0. The van der Waals surface area contributed by atoms with Gasteiger partial charge in [0.1, 0.15) is 11.4 Å². The molecule has 2 aromatic rings. The van der Waals surface area contributed by atoms with Crippen LogP contribution in [-0.4, -0.2) is 61.0 Å². The van der Waals surface area contributed by atoms with E-state index in [1.165, 1.54) is 11.3 Å². The van der Waals surface area contributed by atoms with Crippen LogP contribution in [0.1, 0.15) is 10.5 Å². The number of aromatic nitrogens is 1. The van der Waals surface area contributed by atoms with Gasteiger partial charge in [-0.25, -0.2) is 4.98 Å². The van der Waals surface area contributed by atoms with Crippen LogP contribution < -0.4 is 10.1 Å². The molecule has 0 saturated carbocycles. The number of amides is 1. The standard InChI is InChI=1S/C16H20N4O2S/c1-19-7-9-20(10-8-19)15(21)14-11-23-16(18-14)17-12-3-5-13(22-2)6-4-12/h3-6,11H,7-10H2,1-2H3,(H,17,18). The van der Waals surface area contributed by atoms with Gasteiger partial charge in [0.15, 0.2) is 5.13 Å². The van der Waals surface area contributed by atoms with Crippen LogP contribution in [0, 0.1) is 0 Å². The number of nitrogens with zero attached hydrogens (tertiary/aromatic N) is 3. The molecule has 23 heavy (non-hydrogen) atoms. The lowest BCUT2D eigenvalue weighted by Gasteiger charge is -2.31. The van der Waals surface area contributed by atoms with Gasteiger partial charge in [0.25, 0.3) is 5.91 Å². The number of anilines is 2. The summed E-state index contributed by atoms with van der Waals surface area (Å²) >= 11 is 1.44. The van der Waals surface area contributed by atoms with Crippen molar-refractivity contribution in [2.45, 2.75) is 0 Å². The molecule has 0 radical (unpaired) electrons. The van der Waals surface area contributed by atoms with Crippen molar-refractivity contribution in [1.82, 2.24) is 14.8 Å². The number of piperazine rings is 1. The Morgan fingerprint density at radius 1 is 1.22 bits per heavy atom. The highest BCUT2D eigenvalue weighted by Crippen LogP contribution is 2.23. The van der Waals surface area contributed by atoms with Gasteiger partial charge in [-0.2, -0.15) is 0 Å². The summed E-state index contributed by atoms with van der Waals surface area (Å²) in [5, 5.41) is 5.74. The Hall–Kier alpha value is -2.12. The van der Waals surface area contributed by atoms with Crippen molar-refractivity contribution in [3.05, 3.63) is 35.3 Å². The van der Waals surface area contributed by atoms with E-state index in [9.17, 15) is 4.79 Å². The first-order chi connectivity index (χ1) is 11.2. The molecular weight excluding hydrogens is 312 g/mol. The number of carbonyl (C=O) groups is 1. The van der Waals surface area contributed by atoms with Crippen LogP contribution in [0.15, 0.2) is 29.6 Å². The Balaban J connectivity index is 1.64. The molecule has 1 aromatic carbocycles. The molecule has 1 aliphatic heterocycles. The maximum absolute atomic E-state index is 12.5. The molecule has 1 aromatic heterocycles. The number of nitrogens with one attached hydrogen (secondary N) is 1. The minimum atomic E-state index is 0.0112. The van der Waals surface area contributed by atoms with Gasteiger partial charge in [-0.15, -0.1) is 11.3 Å². The van der Waals surface area contributed by atoms with E-state index >= 15 is 0 Å². The van der Waals surface area contributed by atoms with Crippen molar-refractivity contribution in [1.29, 1.82) is 0 Å². The van der Waals surface area contributed by atoms with Gasteiger partial charge in [-0.3, -0.25) is 4.79 Å². The van der Waals surface area contributed by atoms with E-state index in [0.29, 0.717) is 10.8 Å². The summed E-state index contributed by atoms with van der Waals surface area (Å²) in [5.41, 5.74) is 1.43. The summed E-state index contributed by atoms with van der Waals surface area (Å²) in [5.74, 6) is 0.817. The van der Waals surface area contributed by atoms with Crippen molar-refractivity contribution >= 4 is 28.1 Å². The monoisotopic (exact) mass is 332 g/mol. The van der Waals surface area contributed by atoms with Crippen molar-refractivity contribution in [2.75, 3.05) is 45.7 Å². The molecule has 2 heterocycles. The lowest BCUT2D eigenvalue weighted by Crippen LogP contribution is -2.47. The normalized spacial score (nSPS) is 15.5. The maximum atomic E-state index is 12.5. The lowest BCUT2D eigenvalue weighted by atomic mass is 10.3. The first kappa shape index (κ1) is 15.8. The summed E-state index contributed by atoms with van der Waals surface area (Å²) in [6, 6.07) is 7.60. The van der Waals surface area contributed by atoms with Crippen molar-refractivity contribution in [2.24, 2.45) is 0 Å². The smallest absolute Gasteiger partial charge is 0.273 e. The molecule has 122 valence electrons. The zero-order chi connectivity index (χ0) is 16.2. The number of ether oxygens (including phenoxy) is 1. The molecule has 1 aliphatic rings. The minimum Gasteiger partial charge on any atom is -0.497 e. The van der Waals surface area contributed by atoms with Crippen molar-refractivity contribution in [3.63, 3.8) is 0 Å². The molecule has 1 fully saturated rings. The Morgan fingerprint density at radius 2 is 1.91 bits per heavy atom. The fourth-order valence-corrected chi connectivity index (χ4v) is 3.10. The van der Waals surface area contributed by atoms with Gasteiger partial charge >= 0.3 is 0 Å². The van der Waals surface area contributed by atoms with Crippen LogP contribution in [0.5, 0.6) is 5.75 Å². The van der Waals surface area contributed by atoms with Crippen LogP contribution >= 0.6 is 11.3 Å². The Kier molecular flexibility index (Phi) is 4.78. The quantitative estimate of drug-likeness (QED) is 0.931. The molecule has 0 bridgehead atoms. The minimum absolute atomic E-state index is 0.0112. The molecule has 1 N–H and O–H groups in total. The second-order valence-corrected chi connectivity index (χ2v) is 6.34. The Bertz CT molecular complexity index is 663. The highest BCUT2D eigenvalue weighted by atomic mass is 32.1. The van der Waals surface area contributed by atoms with Crippen molar-refractivity contribution < 1.29 is 9.53 Å². The fourth-order valence-electron chi connectivity index (χ4n) is 2.40. The van der Waals surface area contributed by atoms with E-state index in [0.717, 1.165) is 37.6 Å². The van der Waals surface area contributed by atoms with Crippen LogP contribution in [0.3, 0.4) is 0 Å². The van der Waals surface area contributed by atoms with Crippen molar-refractivity contribution in [3.8, 4) is 5.75 Å². The average molecular weight is 332 g/mol. The number of benzene rings is 1. The number of carbonyl (C=O) groups excluding carboxylic acids is 1. The third-order valence-corrected chi connectivity index (χ3v) is 4.61. The summed E-state index contributed by atoms with van der Waals surface area (Å²) in [7, 11) is 3.71. The van der Waals surface area contributed by atoms with Crippen LogP contribution in [0.4, 0.5) is 10.8 Å². The van der Waals surface area contributed by atoms with Gasteiger partial charge in [0.05, 0.1) is 7.11 Å².